The molecule has 0 aliphatic heterocycles. The van der Waals surface area contributed by atoms with Gasteiger partial charge in [0, 0.05) is 15.5 Å². The van der Waals surface area contributed by atoms with Crippen LogP contribution in [0.3, 0.4) is 0 Å². The number of benzene rings is 4. The number of aromatic nitrogens is 2. The minimum Gasteiger partial charge on any atom is -0.482 e. The van der Waals surface area contributed by atoms with Crippen LogP contribution in [0, 0.1) is 6.92 Å². The summed E-state index contributed by atoms with van der Waals surface area (Å²) in [6.07, 6.45) is 1.50. The largest absolute Gasteiger partial charge is 0.482 e. The van der Waals surface area contributed by atoms with Gasteiger partial charge in [-0.1, -0.05) is 57.9 Å². The first-order valence-electron chi connectivity index (χ1n) is 12.9. The lowest BCUT2D eigenvalue weighted by Gasteiger charge is -2.11. The molecule has 1 N–H and O–H groups in total. The molecular weight excluding hydrogens is 620 g/mol. The number of para-hydroxylation sites is 2. The van der Waals surface area contributed by atoms with Crippen molar-refractivity contribution in [1.82, 2.24) is 9.66 Å². The summed E-state index contributed by atoms with van der Waals surface area (Å²) in [5, 5.41) is 8.86. The number of nitrogens with one attached hydrogen (secondary N) is 1. The Balaban J connectivity index is 1.27. The molecule has 6 aromatic rings. The molecule has 0 atom stereocenters. The Bertz CT molecular complexity index is 2070. The van der Waals surface area contributed by atoms with Gasteiger partial charge in [-0.05, 0) is 78.7 Å². The molecule has 0 saturated heterocycles. The highest BCUT2D eigenvalue weighted by Crippen LogP contribution is 2.29. The van der Waals surface area contributed by atoms with Gasteiger partial charge in [-0.3, -0.25) is 9.59 Å². The first-order chi connectivity index (χ1) is 20.4. The number of carbonyl (C=O) groups is 1. The first kappa shape index (κ1) is 27.4. The van der Waals surface area contributed by atoms with E-state index < -0.39 is 0 Å². The Labute approximate surface area is 253 Å². The zero-order valence-electron chi connectivity index (χ0n) is 22.2. The molecule has 2 heterocycles. The number of halogens is 2. The highest BCUT2D eigenvalue weighted by Gasteiger charge is 2.17. The van der Waals surface area contributed by atoms with Crippen molar-refractivity contribution in [3.05, 3.63) is 122 Å². The Kier molecular flexibility index (Phi) is 7.60. The maximum absolute atomic E-state index is 13.5. The van der Waals surface area contributed by atoms with Gasteiger partial charge in [-0.15, -0.1) is 0 Å². The first-order valence-corrected chi connectivity index (χ1v) is 14.1. The van der Waals surface area contributed by atoms with E-state index in [2.05, 4.69) is 26.3 Å². The smallest absolute Gasteiger partial charge is 0.282 e. The van der Waals surface area contributed by atoms with Gasteiger partial charge in [0.1, 0.15) is 11.3 Å². The number of hydrogen-bond acceptors (Lipinski definition) is 6. The van der Waals surface area contributed by atoms with Crippen molar-refractivity contribution in [2.45, 2.75) is 6.92 Å². The Hall–Kier alpha value is -4.73. The van der Waals surface area contributed by atoms with Gasteiger partial charge in [0.25, 0.3) is 11.5 Å². The van der Waals surface area contributed by atoms with E-state index in [4.69, 9.17) is 25.7 Å². The van der Waals surface area contributed by atoms with Crippen LogP contribution in [0.1, 0.15) is 11.1 Å². The number of rotatable bonds is 7. The van der Waals surface area contributed by atoms with E-state index in [0.717, 1.165) is 21.1 Å². The lowest BCUT2D eigenvalue weighted by molar-refractivity contribution is -0.118. The van der Waals surface area contributed by atoms with Crippen LogP contribution in [-0.2, 0) is 4.79 Å². The van der Waals surface area contributed by atoms with Crippen LogP contribution >= 0.6 is 27.5 Å². The number of anilines is 1. The van der Waals surface area contributed by atoms with Crippen LogP contribution in [0.4, 0.5) is 5.69 Å². The Morgan fingerprint density at radius 2 is 1.88 bits per heavy atom. The summed E-state index contributed by atoms with van der Waals surface area (Å²) in [6, 6.07) is 27.0. The van der Waals surface area contributed by atoms with Crippen LogP contribution < -0.4 is 15.6 Å². The fraction of sp³-hybridized carbons (Fsp3) is 0.0625. The summed E-state index contributed by atoms with van der Waals surface area (Å²) in [4.78, 5) is 30.6. The van der Waals surface area contributed by atoms with Crippen LogP contribution in [0.25, 0.3) is 33.5 Å². The normalized spacial score (nSPS) is 11.4. The van der Waals surface area contributed by atoms with E-state index >= 15 is 0 Å². The molecule has 4 aromatic carbocycles. The molecule has 0 fully saturated rings. The minimum atomic E-state index is -0.348. The molecule has 1 amide bonds. The number of amides is 1. The fourth-order valence-corrected chi connectivity index (χ4v) is 5.02. The van der Waals surface area contributed by atoms with Gasteiger partial charge in [0.2, 0.25) is 5.82 Å². The molecule has 0 radical (unpaired) electrons. The zero-order chi connectivity index (χ0) is 29.2. The van der Waals surface area contributed by atoms with Crippen molar-refractivity contribution in [2.24, 2.45) is 5.10 Å². The van der Waals surface area contributed by atoms with Gasteiger partial charge in [0.15, 0.2) is 12.4 Å². The van der Waals surface area contributed by atoms with Gasteiger partial charge in [0.05, 0.1) is 22.1 Å². The standard InChI is InChI=1S/C32H22BrClN4O4/c1-19-6-2-4-8-25(19)36-30(39)18-41-28-12-10-20(14-24(28)34)17-35-38-31(37-26-9-5-3-7-23(26)32(38)40)29-16-21-15-22(33)11-13-27(21)42-29/h2-17H,18H2,1H3,(H,36,39). The SMILES string of the molecule is Cc1ccccc1NC(=O)COc1ccc(C=Nn2c(-c3cc4cc(Br)ccc4o3)nc3ccccc3c2=O)cc1Cl. The molecule has 8 nitrogen and oxygen atoms in total. The fourth-order valence-electron chi connectivity index (χ4n) is 4.40. The monoisotopic (exact) mass is 640 g/mol. The molecule has 6 rings (SSSR count). The molecule has 0 aliphatic carbocycles. The summed E-state index contributed by atoms with van der Waals surface area (Å²) >= 11 is 9.93. The molecule has 10 heteroatoms. The molecular formula is C32H22BrClN4O4. The second-order valence-electron chi connectivity index (χ2n) is 9.45. The molecule has 0 aliphatic rings. The Morgan fingerprint density at radius 3 is 2.71 bits per heavy atom. The third kappa shape index (κ3) is 5.70. The summed E-state index contributed by atoms with van der Waals surface area (Å²) < 4.78 is 13.8. The lowest BCUT2D eigenvalue weighted by atomic mass is 10.2. The summed E-state index contributed by atoms with van der Waals surface area (Å²) in [6.45, 7) is 1.70. The van der Waals surface area contributed by atoms with Gasteiger partial charge < -0.3 is 14.5 Å². The minimum absolute atomic E-state index is 0.211. The molecule has 0 saturated carbocycles. The number of fused-ring (bicyclic) bond motifs is 2. The Morgan fingerprint density at radius 1 is 1.07 bits per heavy atom. The average Bonchev–Trinajstić information content (AvgIpc) is 3.40. The molecule has 2 aromatic heterocycles. The third-order valence-electron chi connectivity index (χ3n) is 6.51. The summed E-state index contributed by atoms with van der Waals surface area (Å²) in [5.74, 6) is 0.689. The number of nitrogens with zero attached hydrogens (tertiary/aromatic N) is 3. The highest BCUT2D eigenvalue weighted by molar-refractivity contribution is 9.10. The van der Waals surface area contributed by atoms with E-state index in [-0.39, 0.29) is 28.9 Å². The van der Waals surface area contributed by atoms with Crippen molar-refractivity contribution >= 4 is 67.2 Å². The topological polar surface area (TPSA) is 98.7 Å². The number of aryl methyl sites for hydroxylation is 1. The number of carbonyl (C=O) groups excluding carboxylic acids is 1. The van der Waals surface area contributed by atoms with Crippen molar-refractivity contribution in [3.63, 3.8) is 0 Å². The highest BCUT2D eigenvalue weighted by atomic mass is 79.9. The van der Waals surface area contributed by atoms with Crippen molar-refractivity contribution in [1.29, 1.82) is 0 Å². The second kappa shape index (κ2) is 11.6. The van der Waals surface area contributed by atoms with E-state index in [1.54, 1.807) is 36.4 Å². The van der Waals surface area contributed by atoms with E-state index in [9.17, 15) is 9.59 Å². The average molecular weight is 642 g/mol. The quantitative estimate of drug-likeness (QED) is 0.183. The lowest BCUT2D eigenvalue weighted by Crippen LogP contribution is -2.20. The van der Waals surface area contributed by atoms with E-state index in [1.165, 1.54) is 10.9 Å². The molecule has 0 unspecified atom stereocenters. The van der Waals surface area contributed by atoms with Crippen LogP contribution in [0.5, 0.6) is 5.75 Å². The van der Waals surface area contributed by atoms with Crippen molar-refractivity contribution < 1.29 is 13.9 Å². The predicted molar refractivity (Wildman–Crippen MR) is 169 cm³/mol. The zero-order valence-corrected chi connectivity index (χ0v) is 24.5. The number of hydrogen-bond donors (Lipinski definition) is 1. The maximum atomic E-state index is 13.5. The van der Waals surface area contributed by atoms with Gasteiger partial charge >= 0.3 is 0 Å². The van der Waals surface area contributed by atoms with Gasteiger partial charge in [-0.2, -0.15) is 9.78 Å². The third-order valence-corrected chi connectivity index (χ3v) is 7.30. The van der Waals surface area contributed by atoms with Gasteiger partial charge in [-0.25, -0.2) is 4.98 Å². The van der Waals surface area contributed by atoms with Crippen molar-refractivity contribution in [2.75, 3.05) is 11.9 Å². The number of furan rings is 1. The summed E-state index contributed by atoms with van der Waals surface area (Å²) in [7, 11) is 0. The molecule has 0 spiro atoms. The maximum Gasteiger partial charge on any atom is 0.282 e. The van der Waals surface area contributed by atoms with Crippen LogP contribution in [-0.4, -0.2) is 28.4 Å². The van der Waals surface area contributed by atoms with Crippen molar-refractivity contribution in [3.8, 4) is 17.3 Å². The molecule has 208 valence electrons. The number of ether oxygens (including phenoxy) is 1. The van der Waals surface area contributed by atoms with Crippen LogP contribution in [0.2, 0.25) is 5.02 Å². The predicted octanol–water partition coefficient (Wildman–Crippen LogP) is 7.43. The summed E-state index contributed by atoms with van der Waals surface area (Å²) in [5.41, 5.74) is 3.11. The van der Waals surface area contributed by atoms with E-state index in [0.29, 0.717) is 33.6 Å². The molecule has 42 heavy (non-hydrogen) atoms. The molecule has 0 bridgehead atoms. The van der Waals surface area contributed by atoms with Crippen LogP contribution in [0.15, 0.2) is 110 Å². The van der Waals surface area contributed by atoms with E-state index in [1.807, 2.05) is 61.5 Å². The second-order valence-corrected chi connectivity index (χ2v) is 10.8.